The Hall–Kier alpha value is -3.73. The molecule has 0 spiro atoms. The van der Waals surface area contributed by atoms with Gasteiger partial charge in [0.1, 0.15) is 5.69 Å². The van der Waals surface area contributed by atoms with Crippen LogP contribution in [0.3, 0.4) is 0 Å². The molecule has 0 bridgehead atoms. The molecule has 0 atom stereocenters. The van der Waals surface area contributed by atoms with Crippen LogP contribution in [0.1, 0.15) is 16.7 Å². The van der Waals surface area contributed by atoms with Crippen molar-refractivity contribution in [3.63, 3.8) is 0 Å². The summed E-state index contributed by atoms with van der Waals surface area (Å²) in [4.78, 5) is 4.10. The molecule has 2 aromatic carbocycles. The average Bonchev–Trinajstić information content (AvgIpc) is 3.13. The van der Waals surface area contributed by atoms with Gasteiger partial charge in [-0.1, -0.05) is 24.3 Å². The topological polar surface area (TPSA) is 55.1 Å². The summed E-state index contributed by atoms with van der Waals surface area (Å²) in [6, 6.07) is 20.2. The third-order valence-corrected chi connectivity index (χ3v) is 4.34. The van der Waals surface area contributed by atoms with Crippen LogP contribution in [0.25, 0.3) is 16.9 Å². The van der Waals surface area contributed by atoms with Gasteiger partial charge in [0, 0.05) is 29.7 Å². The fourth-order valence-electron chi connectivity index (χ4n) is 3.14. The first kappa shape index (κ1) is 17.7. The van der Waals surface area contributed by atoms with Crippen molar-refractivity contribution < 1.29 is 0 Å². The number of nitrogens with zero attached hydrogens (tertiary/aromatic N) is 4. The van der Waals surface area contributed by atoms with E-state index in [0.717, 1.165) is 28.2 Å². The van der Waals surface area contributed by atoms with Crippen LogP contribution in [0.5, 0.6) is 0 Å². The van der Waals surface area contributed by atoms with E-state index in [1.54, 1.807) is 18.6 Å². The molecule has 5 heteroatoms. The van der Waals surface area contributed by atoms with Crippen molar-refractivity contribution in [1.29, 1.82) is 0 Å². The van der Waals surface area contributed by atoms with E-state index in [-0.39, 0.29) is 0 Å². The smallest absolute Gasteiger partial charge is 0.102 e. The van der Waals surface area contributed by atoms with Gasteiger partial charge >= 0.3 is 0 Å². The highest BCUT2D eigenvalue weighted by Crippen LogP contribution is 2.22. The van der Waals surface area contributed by atoms with Crippen molar-refractivity contribution in [1.82, 2.24) is 14.8 Å². The zero-order chi connectivity index (χ0) is 19.3. The summed E-state index contributed by atoms with van der Waals surface area (Å²) in [7, 11) is 0. The van der Waals surface area contributed by atoms with Crippen LogP contribution in [0.4, 0.5) is 5.69 Å². The number of hydrazone groups is 1. The van der Waals surface area contributed by atoms with E-state index in [0.29, 0.717) is 0 Å². The molecule has 4 aromatic rings. The molecular formula is C23H21N5. The Morgan fingerprint density at radius 2 is 1.64 bits per heavy atom. The molecule has 2 heterocycles. The van der Waals surface area contributed by atoms with Gasteiger partial charge in [0.05, 0.1) is 17.6 Å². The summed E-state index contributed by atoms with van der Waals surface area (Å²) in [5.74, 6) is 0. The number of hydrogen-bond acceptors (Lipinski definition) is 4. The van der Waals surface area contributed by atoms with Gasteiger partial charge in [-0.25, -0.2) is 4.68 Å². The van der Waals surface area contributed by atoms with Gasteiger partial charge in [-0.15, -0.1) is 0 Å². The lowest BCUT2D eigenvalue weighted by Crippen LogP contribution is -1.93. The van der Waals surface area contributed by atoms with Crippen LogP contribution in [0.15, 0.2) is 84.4 Å². The maximum atomic E-state index is 4.77. The van der Waals surface area contributed by atoms with E-state index in [4.69, 9.17) is 5.10 Å². The highest BCUT2D eigenvalue weighted by Gasteiger charge is 2.11. The number of benzene rings is 2. The molecule has 5 nitrogen and oxygen atoms in total. The van der Waals surface area contributed by atoms with Crippen LogP contribution < -0.4 is 5.43 Å². The zero-order valence-corrected chi connectivity index (χ0v) is 15.9. The number of aromatic nitrogens is 3. The van der Waals surface area contributed by atoms with Crippen molar-refractivity contribution in [2.24, 2.45) is 5.10 Å². The van der Waals surface area contributed by atoms with Crippen molar-refractivity contribution in [2.45, 2.75) is 13.8 Å². The molecule has 0 aliphatic carbocycles. The molecule has 0 saturated heterocycles. The second-order valence-electron chi connectivity index (χ2n) is 6.70. The maximum absolute atomic E-state index is 4.77. The Morgan fingerprint density at radius 1 is 0.929 bits per heavy atom. The highest BCUT2D eigenvalue weighted by molar-refractivity contribution is 5.89. The van der Waals surface area contributed by atoms with E-state index in [2.05, 4.69) is 47.6 Å². The minimum absolute atomic E-state index is 0.859. The largest absolute Gasteiger partial charge is 0.278 e. The summed E-state index contributed by atoms with van der Waals surface area (Å²) < 4.78 is 1.87. The van der Waals surface area contributed by atoms with Gasteiger partial charge in [0.25, 0.3) is 0 Å². The summed E-state index contributed by atoms with van der Waals surface area (Å²) in [6.45, 7) is 4.15. The van der Waals surface area contributed by atoms with Gasteiger partial charge in [-0.05, 0) is 61.4 Å². The van der Waals surface area contributed by atoms with Crippen molar-refractivity contribution in [2.75, 3.05) is 5.43 Å². The second-order valence-corrected chi connectivity index (χ2v) is 6.70. The predicted molar refractivity (Wildman–Crippen MR) is 114 cm³/mol. The minimum Gasteiger partial charge on any atom is -0.278 e. The number of aryl methyl sites for hydroxylation is 2. The molecule has 0 aliphatic rings. The number of nitrogens with one attached hydrogen (secondary N) is 1. The highest BCUT2D eigenvalue weighted by atomic mass is 15.3. The summed E-state index contributed by atoms with van der Waals surface area (Å²) in [5, 5.41) is 9.22. The summed E-state index contributed by atoms with van der Waals surface area (Å²) in [5.41, 5.74) is 10.3. The predicted octanol–water partition coefficient (Wildman–Crippen LogP) is 5.00. The molecule has 2 aromatic heterocycles. The Labute approximate surface area is 164 Å². The molecule has 0 aliphatic heterocycles. The van der Waals surface area contributed by atoms with Crippen molar-refractivity contribution in [3.8, 4) is 16.9 Å². The maximum Gasteiger partial charge on any atom is 0.102 e. The third kappa shape index (κ3) is 3.99. The summed E-state index contributed by atoms with van der Waals surface area (Å²) >= 11 is 0. The number of pyridine rings is 1. The van der Waals surface area contributed by atoms with E-state index in [9.17, 15) is 0 Å². The first-order valence-corrected chi connectivity index (χ1v) is 9.12. The van der Waals surface area contributed by atoms with Gasteiger partial charge in [-0.3, -0.25) is 10.4 Å². The monoisotopic (exact) mass is 367 g/mol. The lowest BCUT2D eigenvalue weighted by Gasteiger charge is -2.03. The second kappa shape index (κ2) is 7.88. The SMILES string of the molecule is Cc1cc(C)cc(N/N=C\c2cn(-c3ccccc3)nc2-c2ccncc2)c1. The molecule has 138 valence electrons. The third-order valence-electron chi connectivity index (χ3n) is 4.34. The molecule has 28 heavy (non-hydrogen) atoms. The van der Waals surface area contributed by atoms with Crippen LogP contribution in [0.2, 0.25) is 0 Å². The lowest BCUT2D eigenvalue weighted by molar-refractivity contribution is 0.884. The number of anilines is 1. The quantitative estimate of drug-likeness (QED) is 0.399. The fraction of sp³-hybridized carbons (Fsp3) is 0.0870. The normalized spacial score (nSPS) is 11.1. The molecule has 0 amide bonds. The Bertz CT molecular complexity index is 1080. The molecule has 1 N–H and O–H groups in total. The molecule has 0 saturated carbocycles. The van der Waals surface area contributed by atoms with Crippen LogP contribution in [0, 0.1) is 13.8 Å². The summed E-state index contributed by atoms with van der Waals surface area (Å²) in [6.07, 6.45) is 7.33. The molecule has 0 unspecified atom stereocenters. The van der Waals surface area contributed by atoms with Gasteiger partial charge in [0.2, 0.25) is 0 Å². The Morgan fingerprint density at radius 3 is 2.36 bits per heavy atom. The van der Waals surface area contributed by atoms with E-state index in [1.807, 2.05) is 53.3 Å². The van der Waals surface area contributed by atoms with E-state index < -0.39 is 0 Å². The first-order valence-electron chi connectivity index (χ1n) is 9.12. The fourth-order valence-corrected chi connectivity index (χ4v) is 3.14. The number of rotatable bonds is 5. The Balaban J connectivity index is 1.67. The van der Waals surface area contributed by atoms with Gasteiger partial charge in [0.15, 0.2) is 0 Å². The number of para-hydroxylation sites is 1. The first-order chi connectivity index (χ1) is 13.7. The van der Waals surface area contributed by atoms with E-state index >= 15 is 0 Å². The standard InChI is InChI=1S/C23H21N5/c1-17-12-18(2)14-21(13-17)26-25-15-20-16-28(22-6-4-3-5-7-22)27-23(20)19-8-10-24-11-9-19/h3-16,26H,1-2H3/b25-15-. The van der Waals surface area contributed by atoms with Gasteiger partial charge in [-0.2, -0.15) is 10.2 Å². The van der Waals surface area contributed by atoms with Crippen LogP contribution in [-0.4, -0.2) is 21.0 Å². The van der Waals surface area contributed by atoms with E-state index in [1.165, 1.54) is 11.1 Å². The molecular weight excluding hydrogens is 346 g/mol. The molecule has 0 radical (unpaired) electrons. The van der Waals surface area contributed by atoms with Crippen molar-refractivity contribution >= 4 is 11.9 Å². The molecule has 4 rings (SSSR count). The lowest BCUT2D eigenvalue weighted by atomic mass is 10.1. The minimum atomic E-state index is 0.859. The number of hydrogen-bond donors (Lipinski definition) is 1. The average molecular weight is 367 g/mol. The van der Waals surface area contributed by atoms with Crippen LogP contribution >= 0.6 is 0 Å². The zero-order valence-electron chi connectivity index (χ0n) is 15.9. The Kier molecular flexibility index (Phi) is 4.97. The molecule has 0 fully saturated rings. The van der Waals surface area contributed by atoms with Crippen molar-refractivity contribution in [3.05, 3.63) is 95.9 Å². The van der Waals surface area contributed by atoms with Gasteiger partial charge < -0.3 is 0 Å². The van der Waals surface area contributed by atoms with Crippen LogP contribution in [-0.2, 0) is 0 Å².